The number of carboxylic acids is 1. The van der Waals surface area contributed by atoms with Crippen molar-refractivity contribution < 1.29 is 19.8 Å². The summed E-state index contributed by atoms with van der Waals surface area (Å²) < 4.78 is 0. The Morgan fingerprint density at radius 1 is 1.56 bits per heavy atom. The van der Waals surface area contributed by atoms with E-state index >= 15 is 0 Å². The summed E-state index contributed by atoms with van der Waals surface area (Å²) in [5, 5.41) is 24.5. The number of urea groups is 1. The van der Waals surface area contributed by atoms with Crippen molar-refractivity contribution in [2.24, 2.45) is 0 Å². The molecule has 1 aliphatic carbocycles. The molecular weight excluding hydrogens is 258 g/mol. The number of aliphatic hydroxyl groups is 1. The van der Waals surface area contributed by atoms with Crippen LogP contribution in [0.2, 0.25) is 0 Å². The van der Waals surface area contributed by atoms with Crippen molar-refractivity contribution in [3.05, 3.63) is 11.1 Å². The zero-order valence-corrected chi connectivity index (χ0v) is 10.2. The van der Waals surface area contributed by atoms with Gasteiger partial charge < -0.3 is 15.5 Å². The quantitative estimate of drug-likeness (QED) is 0.626. The van der Waals surface area contributed by atoms with Crippen molar-refractivity contribution in [1.82, 2.24) is 10.3 Å². The molecule has 2 amide bonds. The summed E-state index contributed by atoms with van der Waals surface area (Å²) in [4.78, 5) is 25.9. The van der Waals surface area contributed by atoms with E-state index in [1.54, 1.807) is 0 Å². The minimum absolute atomic E-state index is 0.345. The number of hydrogen-bond acceptors (Lipinski definition) is 5. The Morgan fingerprint density at radius 2 is 2.28 bits per heavy atom. The van der Waals surface area contributed by atoms with Crippen LogP contribution in [-0.2, 0) is 4.79 Å². The lowest BCUT2D eigenvalue weighted by Crippen LogP contribution is -2.38. The number of nitrogens with one attached hydrogen (secondary N) is 2. The largest absolute Gasteiger partial charge is 0.479 e. The summed E-state index contributed by atoms with van der Waals surface area (Å²) in [5.41, 5.74) is 0.987. The second-order valence-electron chi connectivity index (χ2n) is 4.04. The first kappa shape index (κ1) is 12.8. The molecule has 1 aliphatic rings. The standard InChI is InChI=1S/C10H13N3O4S/c14-7(8(15)16)3-11-9(17)13-10-12-6(4-18-10)5-1-2-5/h4-5,7,14H,1-3H2,(H,15,16)(H2,11,12,13,17)/t7-/m0/s1. The van der Waals surface area contributed by atoms with Crippen molar-refractivity contribution in [1.29, 1.82) is 0 Å². The molecule has 1 fully saturated rings. The van der Waals surface area contributed by atoms with E-state index in [0.717, 1.165) is 18.5 Å². The number of rotatable bonds is 5. The number of carbonyl (C=O) groups excluding carboxylic acids is 1. The molecule has 0 spiro atoms. The normalized spacial score (nSPS) is 16.1. The number of aliphatic carboxylic acids is 1. The highest BCUT2D eigenvalue weighted by Crippen LogP contribution is 2.40. The van der Waals surface area contributed by atoms with E-state index in [-0.39, 0.29) is 6.54 Å². The van der Waals surface area contributed by atoms with Crippen LogP contribution in [0.25, 0.3) is 0 Å². The van der Waals surface area contributed by atoms with E-state index in [9.17, 15) is 9.59 Å². The lowest BCUT2D eigenvalue weighted by atomic mass is 10.3. The molecule has 0 aliphatic heterocycles. The van der Waals surface area contributed by atoms with E-state index in [1.165, 1.54) is 11.3 Å². The van der Waals surface area contributed by atoms with E-state index < -0.39 is 18.1 Å². The van der Waals surface area contributed by atoms with Gasteiger partial charge in [0.25, 0.3) is 0 Å². The number of aliphatic hydroxyl groups excluding tert-OH is 1. The summed E-state index contributed by atoms with van der Waals surface area (Å²) in [5.74, 6) is -0.853. The van der Waals surface area contributed by atoms with Crippen molar-refractivity contribution in [3.8, 4) is 0 Å². The number of carboxylic acid groups (broad SMARTS) is 1. The summed E-state index contributed by atoms with van der Waals surface area (Å²) in [7, 11) is 0. The third kappa shape index (κ3) is 3.41. The van der Waals surface area contributed by atoms with Gasteiger partial charge in [0.2, 0.25) is 0 Å². The van der Waals surface area contributed by atoms with Gasteiger partial charge in [-0.25, -0.2) is 14.6 Å². The highest BCUT2D eigenvalue weighted by molar-refractivity contribution is 7.13. The van der Waals surface area contributed by atoms with Crippen LogP contribution in [0.5, 0.6) is 0 Å². The van der Waals surface area contributed by atoms with E-state index in [1.807, 2.05) is 5.38 Å². The molecule has 7 nitrogen and oxygen atoms in total. The van der Waals surface area contributed by atoms with Crippen LogP contribution < -0.4 is 10.6 Å². The van der Waals surface area contributed by atoms with E-state index in [4.69, 9.17) is 10.2 Å². The predicted octanol–water partition coefficient (Wildman–Crippen LogP) is 0.587. The van der Waals surface area contributed by atoms with Gasteiger partial charge in [-0.15, -0.1) is 11.3 Å². The Labute approximate surface area is 107 Å². The molecule has 8 heteroatoms. The fourth-order valence-electron chi connectivity index (χ4n) is 1.33. The molecule has 1 aromatic heterocycles. The first-order valence-corrected chi connectivity index (χ1v) is 6.35. The Balaban J connectivity index is 1.77. The first-order chi connectivity index (χ1) is 8.56. The number of anilines is 1. The van der Waals surface area contributed by atoms with Crippen LogP contribution in [0.3, 0.4) is 0 Å². The smallest absolute Gasteiger partial charge is 0.334 e. The molecule has 18 heavy (non-hydrogen) atoms. The van der Waals surface area contributed by atoms with Gasteiger partial charge in [-0.2, -0.15) is 0 Å². The molecule has 1 saturated carbocycles. The summed E-state index contributed by atoms with van der Waals surface area (Å²) in [6, 6.07) is -0.577. The second kappa shape index (κ2) is 5.32. The zero-order valence-electron chi connectivity index (χ0n) is 9.42. The number of carbonyl (C=O) groups is 2. The molecule has 2 rings (SSSR count). The van der Waals surface area contributed by atoms with Gasteiger partial charge in [0.1, 0.15) is 0 Å². The molecule has 0 saturated heterocycles. The SMILES string of the molecule is O=C(NC[C@H](O)C(=O)O)Nc1nc(C2CC2)cs1. The molecular formula is C10H13N3O4S. The van der Waals surface area contributed by atoms with Crippen LogP contribution in [-0.4, -0.2) is 39.8 Å². The van der Waals surface area contributed by atoms with Crippen LogP contribution in [0.1, 0.15) is 24.5 Å². The molecule has 98 valence electrons. The zero-order chi connectivity index (χ0) is 13.1. The molecule has 1 atom stereocenters. The predicted molar refractivity (Wildman–Crippen MR) is 64.8 cm³/mol. The van der Waals surface area contributed by atoms with Crippen molar-refractivity contribution in [3.63, 3.8) is 0 Å². The second-order valence-corrected chi connectivity index (χ2v) is 4.90. The van der Waals surface area contributed by atoms with E-state index in [2.05, 4.69) is 15.6 Å². The molecule has 1 aromatic rings. The van der Waals surface area contributed by atoms with E-state index in [0.29, 0.717) is 11.0 Å². The average molecular weight is 271 g/mol. The first-order valence-electron chi connectivity index (χ1n) is 5.47. The maximum absolute atomic E-state index is 11.4. The van der Waals surface area contributed by atoms with Crippen LogP contribution in [0.4, 0.5) is 9.93 Å². The molecule has 0 aromatic carbocycles. The number of amides is 2. The van der Waals surface area contributed by atoms with Gasteiger partial charge in [0.15, 0.2) is 11.2 Å². The summed E-state index contributed by atoms with van der Waals surface area (Å²) in [6.45, 7) is -0.345. The molecule has 1 heterocycles. The molecule has 0 radical (unpaired) electrons. The highest BCUT2D eigenvalue weighted by Gasteiger charge is 2.26. The lowest BCUT2D eigenvalue weighted by molar-refractivity contribution is -0.146. The van der Waals surface area contributed by atoms with Gasteiger partial charge >= 0.3 is 12.0 Å². The van der Waals surface area contributed by atoms with Crippen molar-refractivity contribution in [2.75, 3.05) is 11.9 Å². The van der Waals surface area contributed by atoms with Crippen molar-refractivity contribution >= 4 is 28.5 Å². The summed E-state index contributed by atoms with van der Waals surface area (Å²) >= 11 is 1.32. The molecule has 0 unspecified atom stereocenters. The number of hydrogen-bond donors (Lipinski definition) is 4. The van der Waals surface area contributed by atoms with Gasteiger partial charge in [-0.1, -0.05) is 0 Å². The van der Waals surface area contributed by atoms with Crippen LogP contribution in [0, 0.1) is 0 Å². The van der Waals surface area contributed by atoms with Crippen LogP contribution in [0.15, 0.2) is 5.38 Å². The lowest BCUT2D eigenvalue weighted by Gasteiger charge is -2.07. The molecule has 0 bridgehead atoms. The minimum Gasteiger partial charge on any atom is -0.479 e. The molecule has 4 N–H and O–H groups in total. The van der Waals surface area contributed by atoms with Gasteiger partial charge in [-0.05, 0) is 12.8 Å². The number of thiazole rings is 1. The minimum atomic E-state index is -1.60. The van der Waals surface area contributed by atoms with Gasteiger partial charge in [0, 0.05) is 11.3 Å². The average Bonchev–Trinajstić information content (AvgIpc) is 3.07. The van der Waals surface area contributed by atoms with Gasteiger partial charge in [-0.3, -0.25) is 5.32 Å². The Bertz CT molecular complexity index is 458. The third-order valence-corrected chi connectivity index (χ3v) is 3.26. The highest BCUT2D eigenvalue weighted by atomic mass is 32.1. The summed E-state index contributed by atoms with van der Waals surface area (Å²) in [6.07, 6.45) is 0.675. The maximum atomic E-state index is 11.4. The topological polar surface area (TPSA) is 112 Å². The number of aromatic nitrogens is 1. The Kier molecular flexibility index (Phi) is 3.78. The Hall–Kier alpha value is -1.67. The Morgan fingerprint density at radius 3 is 2.89 bits per heavy atom. The van der Waals surface area contributed by atoms with Crippen LogP contribution >= 0.6 is 11.3 Å². The van der Waals surface area contributed by atoms with Gasteiger partial charge in [0.05, 0.1) is 12.2 Å². The third-order valence-electron chi connectivity index (χ3n) is 2.48. The number of nitrogens with zero attached hydrogens (tertiary/aromatic N) is 1. The monoisotopic (exact) mass is 271 g/mol. The fraction of sp³-hybridized carbons (Fsp3) is 0.500. The maximum Gasteiger partial charge on any atom is 0.334 e. The van der Waals surface area contributed by atoms with Crippen molar-refractivity contribution in [2.45, 2.75) is 24.9 Å². The fourth-order valence-corrected chi connectivity index (χ4v) is 2.12.